The molecule has 2 heterocycles. The van der Waals surface area contributed by atoms with Gasteiger partial charge in [-0.25, -0.2) is 8.42 Å². The fourth-order valence-corrected chi connectivity index (χ4v) is 4.93. The van der Waals surface area contributed by atoms with Gasteiger partial charge in [0.15, 0.2) is 0 Å². The molecule has 4 rings (SSSR count). The lowest BCUT2D eigenvalue weighted by atomic mass is 9.90. The molecule has 0 bridgehead atoms. The zero-order chi connectivity index (χ0) is 16.0. The van der Waals surface area contributed by atoms with Crippen molar-refractivity contribution in [2.75, 3.05) is 13.1 Å². The molecule has 2 aromatic rings. The van der Waals surface area contributed by atoms with Crippen molar-refractivity contribution in [2.24, 2.45) is 0 Å². The Morgan fingerprint density at radius 1 is 1.13 bits per heavy atom. The lowest BCUT2D eigenvalue weighted by Crippen LogP contribution is -2.39. The van der Waals surface area contributed by atoms with Crippen LogP contribution in [0.3, 0.4) is 0 Å². The molecule has 2 aliphatic heterocycles. The van der Waals surface area contributed by atoms with E-state index < -0.39 is 9.84 Å². The molecule has 0 amide bonds. The summed E-state index contributed by atoms with van der Waals surface area (Å²) in [5.41, 5.74) is 1.000. The normalized spacial score (nSPS) is 23.0. The molecule has 0 aromatic heterocycles. The Kier molecular flexibility index (Phi) is 3.59. The number of sulfone groups is 1. The molecule has 0 aliphatic carbocycles. The minimum absolute atomic E-state index is 0.0999. The summed E-state index contributed by atoms with van der Waals surface area (Å²) in [6.07, 6.45) is 1.06. The second kappa shape index (κ2) is 5.51. The monoisotopic (exact) mass is 349 g/mol. The van der Waals surface area contributed by atoms with Crippen molar-refractivity contribution in [3.8, 4) is 5.75 Å². The van der Waals surface area contributed by atoms with E-state index in [1.807, 2.05) is 0 Å². The molecule has 0 radical (unpaired) electrons. The molecule has 120 valence electrons. The van der Waals surface area contributed by atoms with Crippen molar-refractivity contribution in [1.82, 2.24) is 5.32 Å². The second-order valence-electron chi connectivity index (χ2n) is 5.92. The van der Waals surface area contributed by atoms with Gasteiger partial charge in [0.1, 0.15) is 11.9 Å². The Morgan fingerprint density at radius 2 is 1.96 bits per heavy atom. The molecule has 0 saturated carbocycles. The molecular formula is C17H16ClNO3S. The molecule has 2 atom stereocenters. The van der Waals surface area contributed by atoms with Crippen LogP contribution in [0.4, 0.5) is 0 Å². The maximum absolute atomic E-state index is 12.8. The van der Waals surface area contributed by atoms with E-state index in [1.165, 1.54) is 6.07 Å². The van der Waals surface area contributed by atoms with Crippen molar-refractivity contribution in [2.45, 2.75) is 28.2 Å². The Labute approximate surface area is 140 Å². The number of hydrogen-bond donors (Lipinski definition) is 1. The van der Waals surface area contributed by atoms with Crippen LogP contribution in [0, 0.1) is 0 Å². The number of hydrogen-bond acceptors (Lipinski definition) is 4. The van der Waals surface area contributed by atoms with Gasteiger partial charge in [-0.2, -0.15) is 0 Å². The van der Waals surface area contributed by atoms with Gasteiger partial charge in [0.25, 0.3) is 0 Å². The SMILES string of the molecule is O=S(=O)(c1cccc(Cl)c1)c1ccc2c(c1)C1CCNCC1O2. The van der Waals surface area contributed by atoms with E-state index >= 15 is 0 Å². The highest BCUT2D eigenvalue weighted by Crippen LogP contribution is 2.42. The van der Waals surface area contributed by atoms with Gasteiger partial charge in [0.05, 0.1) is 9.79 Å². The summed E-state index contributed by atoms with van der Waals surface area (Å²) in [5, 5.41) is 3.72. The quantitative estimate of drug-likeness (QED) is 0.905. The number of ether oxygens (including phenoxy) is 1. The molecule has 2 unspecified atom stereocenters. The first-order valence-corrected chi connectivity index (χ1v) is 9.44. The third-order valence-electron chi connectivity index (χ3n) is 4.50. The zero-order valence-electron chi connectivity index (χ0n) is 12.3. The van der Waals surface area contributed by atoms with Crippen molar-refractivity contribution in [1.29, 1.82) is 0 Å². The minimum Gasteiger partial charge on any atom is -0.488 e. The lowest BCUT2D eigenvalue weighted by molar-refractivity contribution is 0.177. The maximum Gasteiger partial charge on any atom is 0.206 e. The van der Waals surface area contributed by atoms with E-state index in [-0.39, 0.29) is 16.9 Å². The Balaban J connectivity index is 1.77. The van der Waals surface area contributed by atoms with E-state index in [4.69, 9.17) is 16.3 Å². The molecule has 1 N–H and O–H groups in total. The molecule has 2 aromatic carbocycles. The molecule has 23 heavy (non-hydrogen) atoms. The molecule has 4 nitrogen and oxygen atoms in total. The largest absolute Gasteiger partial charge is 0.488 e. The molecule has 2 aliphatic rings. The number of rotatable bonds is 2. The standard InChI is InChI=1S/C17H16ClNO3S/c18-11-2-1-3-12(8-11)23(20,21)13-4-5-16-15(9-13)14-6-7-19-10-17(14)22-16/h1-5,8-9,14,17,19H,6-7,10H2. The first-order valence-electron chi connectivity index (χ1n) is 7.58. The van der Waals surface area contributed by atoms with Gasteiger partial charge in [-0.1, -0.05) is 17.7 Å². The average molecular weight is 350 g/mol. The van der Waals surface area contributed by atoms with Crippen LogP contribution >= 0.6 is 11.6 Å². The van der Waals surface area contributed by atoms with Gasteiger partial charge in [-0.05, 0) is 49.4 Å². The number of benzene rings is 2. The van der Waals surface area contributed by atoms with Crippen LogP contribution in [0.15, 0.2) is 52.3 Å². The van der Waals surface area contributed by atoms with E-state index in [2.05, 4.69) is 5.32 Å². The Bertz CT molecular complexity index is 866. The van der Waals surface area contributed by atoms with Crippen LogP contribution < -0.4 is 10.1 Å². The maximum atomic E-state index is 12.8. The number of fused-ring (bicyclic) bond motifs is 3. The van der Waals surface area contributed by atoms with E-state index in [1.54, 1.807) is 36.4 Å². The summed E-state index contributed by atoms with van der Waals surface area (Å²) in [4.78, 5) is 0.507. The topological polar surface area (TPSA) is 55.4 Å². The predicted molar refractivity (Wildman–Crippen MR) is 88.0 cm³/mol. The summed E-state index contributed by atoms with van der Waals surface area (Å²) in [6, 6.07) is 11.5. The van der Waals surface area contributed by atoms with Crippen LogP contribution in [0.5, 0.6) is 5.75 Å². The first-order chi connectivity index (χ1) is 11.1. The van der Waals surface area contributed by atoms with E-state index in [0.717, 1.165) is 30.8 Å². The third kappa shape index (κ3) is 2.53. The smallest absolute Gasteiger partial charge is 0.206 e. The molecule has 1 fully saturated rings. The predicted octanol–water partition coefficient (Wildman–Crippen LogP) is 3.01. The molecule has 0 spiro atoms. The van der Waals surface area contributed by atoms with Gasteiger partial charge in [0.2, 0.25) is 9.84 Å². The van der Waals surface area contributed by atoms with Crippen LogP contribution in [0.25, 0.3) is 0 Å². The molecule has 1 saturated heterocycles. The van der Waals surface area contributed by atoms with Crippen molar-refractivity contribution in [3.05, 3.63) is 53.1 Å². The second-order valence-corrected chi connectivity index (χ2v) is 8.30. The van der Waals surface area contributed by atoms with Crippen LogP contribution in [0.1, 0.15) is 17.9 Å². The zero-order valence-corrected chi connectivity index (χ0v) is 13.9. The van der Waals surface area contributed by atoms with Gasteiger partial charge in [-0.15, -0.1) is 0 Å². The van der Waals surface area contributed by atoms with Crippen molar-refractivity contribution >= 4 is 21.4 Å². The summed E-state index contributed by atoms with van der Waals surface area (Å²) in [7, 11) is -3.58. The highest BCUT2D eigenvalue weighted by Gasteiger charge is 2.37. The molecule has 6 heteroatoms. The minimum atomic E-state index is -3.58. The average Bonchev–Trinajstić information content (AvgIpc) is 2.92. The van der Waals surface area contributed by atoms with Gasteiger partial charge < -0.3 is 10.1 Å². The first kappa shape index (κ1) is 15.0. The summed E-state index contributed by atoms with van der Waals surface area (Å²) in [5.74, 6) is 1.06. The highest BCUT2D eigenvalue weighted by atomic mass is 35.5. The van der Waals surface area contributed by atoms with Crippen LogP contribution in [-0.4, -0.2) is 27.6 Å². The van der Waals surface area contributed by atoms with Gasteiger partial charge in [-0.3, -0.25) is 0 Å². The molecular weight excluding hydrogens is 334 g/mol. The van der Waals surface area contributed by atoms with Crippen LogP contribution in [0.2, 0.25) is 5.02 Å². The number of piperidine rings is 1. The van der Waals surface area contributed by atoms with E-state index in [0.29, 0.717) is 9.92 Å². The fraction of sp³-hybridized carbons (Fsp3) is 0.294. The van der Waals surface area contributed by atoms with Gasteiger partial charge >= 0.3 is 0 Å². The highest BCUT2D eigenvalue weighted by molar-refractivity contribution is 7.91. The summed E-state index contributed by atoms with van der Waals surface area (Å²) < 4.78 is 31.6. The number of nitrogens with one attached hydrogen (secondary N) is 1. The Morgan fingerprint density at radius 3 is 2.78 bits per heavy atom. The third-order valence-corrected chi connectivity index (χ3v) is 6.49. The lowest BCUT2D eigenvalue weighted by Gasteiger charge is -2.24. The Hall–Kier alpha value is -1.56. The number of halogens is 1. The van der Waals surface area contributed by atoms with Crippen molar-refractivity contribution in [3.63, 3.8) is 0 Å². The summed E-state index contributed by atoms with van der Waals surface area (Å²) >= 11 is 5.93. The van der Waals surface area contributed by atoms with E-state index in [9.17, 15) is 8.42 Å². The summed E-state index contributed by atoms with van der Waals surface area (Å²) in [6.45, 7) is 1.73. The van der Waals surface area contributed by atoms with Crippen LogP contribution in [-0.2, 0) is 9.84 Å². The van der Waals surface area contributed by atoms with Gasteiger partial charge in [0, 0.05) is 23.0 Å². The van der Waals surface area contributed by atoms with Crippen molar-refractivity contribution < 1.29 is 13.2 Å². The fourth-order valence-electron chi connectivity index (χ4n) is 3.33.